The summed E-state index contributed by atoms with van der Waals surface area (Å²) in [5.74, 6) is -0.282. The van der Waals surface area contributed by atoms with E-state index in [1.807, 2.05) is 38.1 Å². The number of anilines is 1. The summed E-state index contributed by atoms with van der Waals surface area (Å²) < 4.78 is 0. The molecule has 0 aliphatic heterocycles. The molecule has 0 spiro atoms. The molecule has 0 amide bonds. The summed E-state index contributed by atoms with van der Waals surface area (Å²) in [5, 5.41) is 9.03. The monoisotopic (exact) mass is 239 g/mol. The van der Waals surface area contributed by atoms with E-state index in [9.17, 15) is 4.79 Å². The number of nitrogens with two attached hydrogens (primary N) is 1. The molecule has 1 aromatic rings. The van der Waals surface area contributed by atoms with Gasteiger partial charge in [0.05, 0.1) is 5.92 Å². The molecule has 0 bridgehead atoms. The first-order chi connectivity index (χ1) is 7.50. The minimum absolute atomic E-state index is 0.152. The number of nitrogen functional groups attached to an aromatic ring is 1. The van der Waals surface area contributed by atoms with Gasteiger partial charge in [0.15, 0.2) is 0 Å². The summed E-state index contributed by atoms with van der Waals surface area (Å²) in [6, 6.07) is 7.49. The van der Waals surface area contributed by atoms with Crippen LogP contribution in [0.4, 0.5) is 5.69 Å². The highest BCUT2D eigenvalue weighted by Gasteiger charge is 2.21. The highest BCUT2D eigenvalue weighted by Crippen LogP contribution is 2.25. The molecule has 1 unspecified atom stereocenters. The van der Waals surface area contributed by atoms with Crippen molar-refractivity contribution in [1.29, 1.82) is 0 Å². The fourth-order valence-electron chi connectivity index (χ4n) is 1.30. The lowest BCUT2D eigenvalue weighted by Crippen LogP contribution is -2.21. The van der Waals surface area contributed by atoms with Gasteiger partial charge in [-0.25, -0.2) is 0 Å². The van der Waals surface area contributed by atoms with Gasteiger partial charge in [-0.2, -0.15) is 0 Å². The van der Waals surface area contributed by atoms with Crippen molar-refractivity contribution in [2.75, 3.05) is 11.5 Å². The second-order valence-electron chi connectivity index (χ2n) is 4.07. The van der Waals surface area contributed by atoms with Crippen LogP contribution < -0.4 is 5.73 Å². The fourth-order valence-corrected chi connectivity index (χ4v) is 2.53. The Morgan fingerprint density at radius 3 is 2.38 bits per heavy atom. The molecule has 0 saturated heterocycles. The maximum Gasteiger partial charge on any atom is 0.307 e. The first kappa shape index (κ1) is 12.9. The molecule has 4 heteroatoms. The van der Waals surface area contributed by atoms with Gasteiger partial charge in [-0.05, 0) is 30.2 Å². The molecule has 0 aromatic heterocycles. The normalized spacial score (nSPS) is 12.7. The Bertz CT molecular complexity index is 349. The molecule has 1 aromatic carbocycles. The van der Waals surface area contributed by atoms with Gasteiger partial charge in [0.2, 0.25) is 0 Å². The first-order valence-corrected chi connectivity index (χ1v) is 6.20. The summed E-state index contributed by atoms with van der Waals surface area (Å²) in [6.07, 6.45) is 0. The Morgan fingerprint density at radius 2 is 1.94 bits per heavy atom. The predicted molar refractivity (Wildman–Crippen MR) is 67.5 cm³/mol. The van der Waals surface area contributed by atoms with E-state index in [0.29, 0.717) is 5.75 Å². The summed E-state index contributed by atoms with van der Waals surface area (Å²) in [4.78, 5) is 12.0. The van der Waals surface area contributed by atoms with Crippen molar-refractivity contribution in [3.05, 3.63) is 24.3 Å². The zero-order valence-corrected chi connectivity index (χ0v) is 10.3. The number of aliphatic carboxylic acids is 1. The SMILES string of the molecule is CC(C)C(CSc1ccc(N)cc1)C(=O)O. The Morgan fingerprint density at radius 1 is 1.38 bits per heavy atom. The molecular formula is C12H17NO2S. The third kappa shape index (κ3) is 3.77. The summed E-state index contributed by atoms with van der Waals surface area (Å²) in [7, 11) is 0. The summed E-state index contributed by atoms with van der Waals surface area (Å²) in [6.45, 7) is 3.87. The molecule has 0 aliphatic rings. The van der Waals surface area contributed by atoms with Crippen molar-refractivity contribution < 1.29 is 9.90 Å². The highest BCUT2D eigenvalue weighted by molar-refractivity contribution is 7.99. The topological polar surface area (TPSA) is 63.3 Å². The number of carbonyl (C=O) groups is 1. The summed E-state index contributed by atoms with van der Waals surface area (Å²) in [5.41, 5.74) is 6.30. The number of carboxylic acids is 1. The van der Waals surface area contributed by atoms with Crippen LogP contribution in [0.1, 0.15) is 13.8 Å². The number of hydrogen-bond donors (Lipinski definition) is 2. The molecule has 3 N–H and O–H groups in total. The van der Waals surface area contributed by atoms with Gasteiger partial charge in [0.25, 0.3) is 0 Å². The van der Waals surface area contributed by atoms with Crippen LogP contribution in [-0.2, 0) is 4.79 Å². The van der Waals surface area contributed by atoms with Crippen molar-refractivity contribution in [3.63, 3.8) is 0 Å². The van der Waals surface area contributed by atoms with Gasteiger partial charge in [-0.15, -0.1) is 11.8 Å². The molecule has 1 atom stereocenters. The van der Waals surface area contributed by atoms with Gasteiger partial charge in [0, 0.05) is 16.3 Å². The molecule has 88 valence electrons. The van der Waals surface area contributed by atoms with Gasteiger partial charge >= 0.3 is 5.97 Å². The van der Waals surface area contributed by atoms with E-state index in [2.05, 4.69) is 0 Å². The molecule has 0 heterocycles. The number of benzene rings is 1. The van der Waals surface area contributed by atoms with E-state index in [1.165, 1.54) is 0 Å². The zero-order chi connectivity index (χ0) is 12.1. The lowest BCUT2D eigenvalue weighted by atomic mass is 9.98. The third-order valence-electron chi connectivity index (χ3n) is 2.43. The fraction of sp³-hybridized carbons (Fsp3) is 0.417. The van der Waals surface area contributed by atoms with Crippen molar-refractivity contribution in [2.45, 2.75) is 18.7 Å². The smallest absolute Gasteiger partial charge is 0.307 e. The molecule has 3 nitrogen and oxygen atoms in total. The quantitative estimate of drug-likeness (QED) is 0.612. The molecule has 16 heavy (non-hydrogen) atoms. The largest absolute Gasteiger partial charge is 0.481 e. The predicted octanol–water partition coefficient (Wildman–Crippen LogP) is 2.72. The highest BCUT2D eigenvalue weighted by atomic mass is 32.2. The second-order valence-corrected chi connectivity index (χ2v) is 5.16. The van der Waals surface area contributed by atoms with Crippen LogP contribution in [0.2, 0.25) is 0 Å². The molecule has 0 saturated carbocycles. The summed E-state index contributed by atoms with van der Waals surface area (Å²) >= 11 is 1.56. The maximum atomic E-state index is 11.0. The van der Waals surface area contributed by atoms with Gasteiger partial charge in [0.1, 0.15) is 0 Å². The zero-order valence-electron chi connectivity index (χ0n) is 9.51. The molecule has 0 aliphatic carbocycles. The average Bonchev–Trinajstić information content (AvgIpc) is 2.20. The Kier molecular flexibility index (Phi) is 4.68. The van der Waals surface area contributed by atoms with E-state index in [0.717, 1.165) is 10.6 Å². The Labute approximate surface area is 100 Å². The van der Waals surface area contributed by atoms with E-state index >= 15 is 0 Å². The standard InChI is InChI=1S/C12H17NO2S/c1-8(2)11(12(14)15)7-16-10-5-3-9(13)4-6-10/h3-6,8,11H,7,13H2,1-2H3,(H,14,15). The number of hydrogen-bond acceptors (Lipinski definition) is 3. The second kappa shape index (κ2) is 5.80. The van der Waals surface area contributed by atoms with Crippen molar-refractivity contribution in [2.24, 2.45) is 11.8 Å². The average molecular weight is 239 g/mol. The molecular weight excluding hydrogens is 222 g/mol. The number of thioether (sulfide) groups is 1. The Hall–Kier alpha value is -1.16. The lowest BCUT2D eigenvalue weighted by molar-refractivity contribution is -0.142. The van der Waals surface area contributed by atoms with Crippen LogP contribution >= 0.6 is 11.8 Å². The molecule has 0 fully saturated rings. The van der Waals surface area contributed by atoms with Crippen LogP contribution in [0.3, 0.4) is 0 Å². The van der Waals surface area contributed by atoms with Crippen LogP contribution in [0.5, 0.6) is 0 Å². The molecule has 1 rings (SSSR count). The van der Waals surface area contributed by atoms with Gasteiger partial charge < -0.3 is 10.8 Å². The van der Waals surface area contributed by atoms with Gasteiger partial charge in [-0.3, -0.25) is 4.79 Å². The number of carboxylic acid groups (broad SMARTS) is 1. The van der Waals surface area contributed by atoms with E-state index in [1.54, 1.807) is 11.8 Å². The van der Waals surface area contributed by atoms with Crippen LogP contribution in [-0.4, -0.2) is 16.8 Å². The van der Waals surface area contributed by atoms with Crippen molar-refractivity contribution in [1.82, 2.24) is 0 Å². The van der Waals surface area contributed by atoms with E-state index in [-0.39, 0.29) is 11.8 Å². The van der Waals surface area contributed by atoms with Gasteiger partial charge in [-0.1, -0.05) is 13.8 Å². The molecule has 0 radical (unpaired) electrons. The van der Waals surface area contributed by atoms with Crippen LogP contribution in [0.15, 0.2) is 29.2 Å². The van der Waals surface area contributed by atoms with E-state index in [4.69, 9.17) is 10.8 Å². The third-order valence-corrected chi connectivity index (χ3v) is 3.56. The maximum absolute atomic E-state index is 11.0. The number of rotatable bonds is 5. The van der Waals surface area contributed by atoms with Crippen LogP contribution in [0, 0.1) is 11.8 Å². The minimum Gasteiger partial charge on any atom is -0.481 e. The van der Waals surface area contributed by atoms with Crippen molar-refractivity contribution >= 4 is 23.4 Å². The lowest BCUT2D eigenvalue weighted by Gasteiger charge is -2.15. The van der Waals surface area contributed by atoms with E-state index < -0.39 is 5.97 Å². The Balaban J connectivity index is 2.55. The first-order valence-electron chi connectivity index (χ1n) is 5.22. The minimum atomic E-state index is -0.724. The van der Waals surface area contributed by atoms with Crippen LogP contribution in [0.25, 0.3) is 0 Å². The van der Waals surface area contributed by atoms with Crippen molar-refractivity contribution in [3.8, 4) is 0 Å².